The molecule has 1 saturated heterocycles. The van der Waals surface area contributed by atoms with Gasteiger partial charge in [0.15, 0.2) is 6.10 Å². The third-order valence-electron chi connectivity index (χ3n) is 3.88. The Morgan fingerprint density at radius 1 is 1.40 bits per heavy atom. The van der Waals surface area contributed by atoms with E-state index in [0.29, 0.717) is 17.1 Å². The van der Waals surface area contributed by atoms with Gasteiger partial charge < -0.3 is 9.64 Å². The number of aromatic amines is 1. The van der Waals surface area contributed by atoms with E-state index in [1.165, 1.54) is 11.0 Å². The minimum atomic E-state index is -4.41. The largest absolute Gasteiger partial charge is 0.414 e. The van der Waals surface area contributed by atoms with Crippen LogP contribution >= 0.6 is 0 Å². The number of carbonyl (C=O) groups excluding carboxylic acids is 1. The monoisotopic (exact) mass is 356 g/mol. The van der Waals surface area contributed by atoms with Gasteiger partial charge in [-0.3, -0.25) is 4.79 Å². The van der Waals surface area contributed by atoms with Crippen LogP contribution in [0.2, 0.25) is 0 Å². The van der Waals surface area contributed by atoms with Crippen LogP contribution in [0.1, 0.15) is 23.1 Å². The van der Waals surface area contributed by atoms with Crippen molar-refractivity contribution in [1.82, 2.24) is 30.5 Å². The van der Waals surface area contributed by atoms with Gasteiger partial charge in [0.1, 0.15) is 5.69 Å². The fourth-order valence-corrected chi connectivity index (χ4v) is 2.41. The molecule has 0 aliphatic carbocycles. The van der Waals surface area contributed by atoms with Crippen LogP contribution < -0.4 is 0 Å². The first-order chi connectivity index (χ1) is 11.8. The van der Waals surface area contributed by atoms with Crippen LogP contribution in [0.5, 0.6) is 0 Å². The molecule has 2 aromatic heterocycles. The zero-order valence-corrected chi connectivity index (χ0v) is 13.4. The number of nitrogens with zero attached hydrogens (tertiary/aromatic N) is 5. The van der Waals surface area contributed by atoms with Crippen LogP contribution in [0.15, 0.2) is 12.1 Å². The maximum absolute atomic E-state index is 12.5. The van der Waals surface area contributed by atoms with Crippen molar-refractivity contribution in [2.45, 2.75) is 32.2 Å². The van der Waals surface area contributed by atoms with Gasteiger partial charge in [0.25, 0.3) is 5.91 Å². The third-order valence-corrected chi connectivity index (χ3v) is 3.88. The molecule has 1 aliphatic rings. The summed E-state index contributed by atoms with van der Waals surface area (Å²) in [7, 11) is 0. The average Bonchev–Trinajstić information content (AvgIpc) is 3.02. The number of rotatable bonds is 4. The molecule has 0 bridgehead atoms. The zero-order valence-electron chi connectivity index (χ0n) is 13.4. The summed E-state index contributed by atoms with van der Waals surface area (Å²) in [4.78, 5) is 18.0. The lowest BCUT2D eigenvalue weighted by molar-refractivity contribution is -0.236. The minimum Gasteiger partial charge on any atom is -0.362 e. The van der Waals surface area contributed by atoms with Gasteiger partial charge in [-0.1, -0.05) is 0 Å². The summed E-state index contributed by atoms with van der Waals surface area (Å²) >= 11 is 0. The molecule has 2 aromatic rings. The number of hydrogen-bond donors (Lipinski definition) is 1. The Balaban J connectivity index is 1.61. The molecule has 1 unspecified atom stereocenters. The highest BCUT2D eigenvalue weighted by molar-refractivity contribution is 5.93. The Kier molecular flexibility index (Phi) is 4.41. The number of tetrazole rings is 1. The Morgan fingerprint density at radius 3 is 2.68 bits per heavy atom. The van der Waals surface area contributed by atoms with Gasteiger partial charge in [-0.15, -0.1) is 10.2 Å². The summed E-state index contributed by atoms with van der Waals surface area (Å²) < 4.78 is 42.3. The molecule has 1 amide bonds. The van der Waals surface area contributed by atoms with Gasteiger partial charge in [-0.2, -0.15) is 18.4 Å². The highest BCUT2D eigenvalue weighted by Gasteiger charge is 2.42. The van der Waals surface area contributed by atoms with E-state index >= 15 is 0 Å². The standard InChI is InChI=1S/C14H15F3N6O2/c1-7-10(12-19-21-22-20-12)3-4-11(18-7)13(24)23-5-9(6-23)25-8(2)14(15,16)17/h3-4,8-9H,5-6H2,1-2H3,(H,19,20,21,22). The minimum absolute atomic E-state index is 0.104. The lowest BCUT2D eigenvalue weighted by Crippen LogP contribution is -2.56. The second kappa shape index (κ2) is 6.39. The lowest BCUT2D eigenvalue weighted by atomic mass is 10.1. The molecule has 8 nitrogen and oxygen atoms in total. The predicted molar refractivity (Wildman–Crippen MR) is 78.4 cm³/mol. The fourth-order valence-electron chi connectivity index (χ4n) is 2.41. The number of nitrogens with one attached hydrogen (secondary N) is 1. The van der Waals surface area contributed by atoms with E-state index in [9.17, 15) is 18.0 Å². The normalized spacial score (nSPS) is 16.6. The molecule has 134 valence electrons. The van der Waals surface area contributed by atoms with Gasteiger partial charge in [0.2, 0.25) is 5.82 Å². The van der Waals surface area contributed by atoms with Crippen molar-refractivity contribution in [3.8, 4) is 11.4 Å². The number of likely N-dealkylation sites (tertiary alicyclic amines) is 1. The predicted octanol–water partition coefficient (Wildman–Crippen LogP) is 1.36. The Morgan fingerprint density at radius 2 is 2.12 bits per heavy atom. The summed E-state index contributed by atoms with van der Waals surface area (Å²) in [5.41, 5.74) is 1.38. The number of pyridine rings is 1. The van der Waals surface area contributed by atoms with E-state index in [2.05, 4.69) is 25.6 Å². The molecule has 3 rings (SSSR count). The van der Waals surface area contributed by atoms with Crippen LogP contribution in [0, 0.1) is 6.92 Å². The molecular formula is C14H15F3N6O2. The summed E-state index contributed by atoms with van der Waals surface area (Å²) in [6.45, 7) is 2.86. The maximum atomic E-state index is 12.5. The quantitative estimate of drug-likeness (QED) is 0.889. The Labute approximate surface area is 140 Å². The molecule has 1 aliphatic heterocycles. The van der Waals surface area contributed by atoms with E-state index in [1.807, 2.05) is 0 Å². The van der Waals surface area contributed by atoms with E-state index < -0.39 is 18.4 Å². The number of alkyl halides is 3. The van der Waals surface area contributed by atoms with Crippen molar-refractivity contribution < 1.29 is 22.7 Å². The lowest BCUT2D eigenvalue weighted by Gasteiger charge is -2.40. The smallest absolute Gasteiger partial charge is 0.362 e. The Hall–Kier alpha value is -2.56. The summed E-state index contributed by atoms with van der Waals surface area (Å²) in [6.07, 6.45) is -6.89. The first-order valence-corrected chi connectivity index (χ1v) is 7.48. The van der Waals surface area contributed by atoms with Crippen LogP contribution in [0.25, 0.3) is 11.4 Å². The summed E-state index contributed by atoms with van der Waals surface area (Å²) in [6, 6.07) is 3.17. The van der Waals surface area contributed by atoms with Gasteiger partial charge in [0.05, 0.1) is 6.10 Å². The second-order valence-corrected chi connectivity index (χ2v) is 5.72. The molecule has 1 fully saturated rings. The van der Waals surface area contributed by atoms with Crippen molar-refractivity contribution in [3.63, 3.8) is 0 Å². The second-order valence-electron chi connectivity index (χ2n) is 5.72. The highest BCUT2D eigenvalue weighted by atomic mass is 19.4. The number of halogens is 3. The van der Waals surface area contributed by atoms with Crippen molar-refractivity contribution in [3.05, 3.63) is 23.5 Å². The molecule has 0 saturated carbocycles. The molecule has 0 aromatic carbocycles. The van der Waals surface area contributed by atoms with Crippen molar-refractivity contribution in [1.29, 1.82) is 0 Å². The SMILES string of the molecule is Cc1nc(C(=O)N2CC(OC(C)C(F)(F)F)C2)ccc1-c1nn[nH]n1. The van der Waals surface area contributed by atoms with E-state index in [1.54, 1.807) is 13.0 Å². The molecule has 0 spiro atoms. The van der Waals surface area contributed by atoms with E-state index in [-0.39, 0.29) is 24.7 Å². The van der Waals surface area contributed by atoms with Crippen LogP contribution in [-0.2, 0) is 4.74 Å². The number of hydrogen-bond acceptors (Lipinski definition) is 6. The Bertz CT molecular complexity index is 758. The number of carbonyl (C=O) groups is 1. The average molecular weight is 356 g/mol. The molecule has 0 radical (unpaired) electrons. The maximum Gasteiger partial charge on any atom is 0.414 e. The molecule has 25 heavy (non-hydrogen) atoms. The summed E-state index contributed by atoms with van der Waals surface area (Å²) in [5, 5.41) is 13.5. The van der Waals surface area contributed by atoms with Crippen molar-refractivity contribution >= 4 is 5.91 Å². The topological polar surface area (TPSA) is 96.9 Å². The number of amides is 1. The van der Waals surface area contributed by atoms with Crippen LogP contribution in [0.3, 0.4) is 0 Å². The third kappa shape index (κ3) is 3.60. The van der Waals surface area contributed by atoms with Crippen LogP contribution in [0.4, 0.5) is 13.2 Å². The molecule has 1 atom stereocenters. The van der Waals surface area contributed by atoms with Crippen molar-refractivity contribution in [2.24, 2.45) is 0 Å². The zero-order chi connectivity index (χ0) is 18.2. The number of aromatic nitrogens is 5. The van der Waals surface area contributed by atoms with E-state index in [0.717, 1.165) is 6.92 Å². The molecule has 1 N–H and O–H groups in total. The number of H-pyrrole nitrogens is 1. The number of aryl methyl sites for hydroxylation is 1. The van der Waals surface area contributed by atoms with Crippen LogP contribution in [-0.4, -0.2) is 67.9 Å². The van der Waals surface area contributed by atoms with E-state index in [4.69, 9.17) is 4.74 Å². The first-order valence-electron chi connectivity index (χ1n) is 7.48. The van der Waals surface area contributed by atoms with Gasteiger partial charge in [0, 0.05) is 24.3 Å². The van der Waals surface area contributed by atoms with Crippen molar-refractivity contribution in [2.75, 3.05) is 13.1 Å². The van der Waals surface area contributed by atoms with Gasteiger partial charge >= 0.3 is 6.18 Å². The molecule has 3 heterocycles. The fraction of sp³-hybridized carbons (Fsp3) is 0.500. The van der Waals surface area contributed by atoms with Gasteiger partial charge in [-0.05, 0) is 31.2 Å². The molecular weight excluding hydrogens is 341 g/mol. The molecule has 11 heteroatoms. The first kappa shape index (κ1) is 17.3. The van der Waals surface area contributed by atoms with Gasteiger partial charge in [-0.25, -0.2) is 4.98 Å². The summed E-state index contributed by atoms with van der Waals surface area (Å²) in [5.74, 6) is 0.00447. The highest BCUT2D eigenvalue weighted by Crippen LogP contribution is 2.26. The number of ether oxygens (including phenoxy) is 1.